The summed E-state index contributed by atoms with van der Waals surface area (Å²) in [5.41, 5.74) is 0.422. The van der Waals surface area contributed by atoms with Gasteiger partial charge in [0.2, 0.25) is 0 Å². The van der Waals surface area contributed by atoms with Crippen LogP contribution in [-0.2, 0) is 0 Å². The molecule has 1 aromatic rings. The number of pyridine rings is 1. The molecule has 1 saturated heterocycles. The van der Waals surface area contributed by atoms with Crippen LogP contribution in [0.1, 0.15) is 23.2 Å². The number of halogens is 2. The summed E-state index contributed by atoms with van der Waals surface area (Å²) in [4.78, 5) is 20.3. The van der Waals surface area contributed by atoms with E-state index < -0.39 is 0 Å². The Morgan fingerprint density at radius 1 is 1.42 bits per heavy atom. The molecule has 1 atom stereocenters. The maximum atomic E-state index is 12.4. The van der Waals surface area contributed by atoms with Crippen LogP contribution in [0.25, 0.3) is 0 Å². The van der Waals surface area contributed by atoms with E-state index in [0.717, 1.165) is 25.9 Å². The van der Waals surface area contributed by atoms with Crippen molar-refractivity contribution in [3.05, 3.63) is 28.0 Å². The van der Waals surface area contributed by atoms with E-state index in [1.165, 1.54) is 0 Å². The molecule has 1 aromatic heterocycles. The van der Waals surface area contributed by atoms with Gasteiger partial charge in [0.1, 0.15) is 10.3 Å². The first-order valence-electron chi connectivity index (χ1n) is 6.27. The van der Waals surface area contributed by atoms with Crippen LogP contribution in [0.2, 0.25) is 10.3 Å². The number of rotatable bonds is 2. The van der Waals surface area contributed by atoms with E-state index in [1.54, 1.807) is 12.1 Å². The third-order valence-electron chi connectivity index (χ3n) is 3.46. The minimum absolute atomic E-state index is 0.0688. The third-order valence-corrected chi connectivity index (χ3v) is 3.96. The Kier molecular flexibility index (Phi) is 4.66. The molecule has 1 amide bonds. The van der Waals surface area contributed by atoms with Gasteiger partial charge in [-0.1, -0.05) is 23.2 Å². The molecule has 0 bridgehead atoms. The summed E-state index contributed by atoms with van der Waals surface area (Å²) in [6, 6.07) is 3.63. The number of piperidine rings is 1. The van der Waals surface area contributed by atoms with E-state index in [2.05, 4.69) is 9.88 Å². The summed E-state index contributed by atoms with van der Waals surface area (Å²) in [6.45, 7) is 1.49. The molecule has 1 aliphatic rings. The molecule has 19 heavy (non-hydrogen) atoms. The second-order valence-electron chi connectivity index (χ2n) is 4.98. The molecule has 0 saturated carbocycles. The van der Waals surface area contributed by atoms with Gasteiger partial charge in [0.15, 0.2) is 0 Å². The molecule has 104 valence electrons. The Morgan fingerprint density at radius 3 is 2.79 bits per heavy atom. The summed E-state index contributed by atoms with van der Waals surface area (Å²) in [5.74, 6) is -0.0688. The molecule has 1 unspecified atom stereocenters. The van der Waals surface area contributed by atoms with Crippen molar-refractivity contribution in [2.24, 2.45) is 0 Å². The van der Waals surface area contributed by atoms with Crippen molar-refractivity contribution >= 4 is 29.1 Å². The monoisotopic (exact) mass is 301 g/mol. The van der Waals surface area contributed by atoms with Crippen LogP contribution in [0.5, 0.6) is 0 Å². The van der Waals surface area contributed by atoms with Gasteiger partial charge >= 0.3 is 0 Å². The summed E-state index contributed by atoms with van der Waals surface area (Å²) in [5, 5.41) is 0.468. The number of aromatic nitrogens is 1. The molecule has 0 N–H and O–H groups in total. The molecule has 0 spiro atoms. The second kappa shape index (κ2) is 6.07. The van der Waals surface area contributed by atoms with Crippen LogP contribution in [0.15, 0.2) is 12.1 Å². The molecule has 2 rings (SSSR count). The lowest BCUT2D eigenvalue weighted by atomic mass is 10.0. The van der Waals surface area contributed by atoms with E-state index in [9.17, 15) is 4.79 Å². The van der Waals surface area contributed by atoms with E-state index in [1.807, 2.05) is 19.0 Å². The first-order valence-corrected chi connectivity index (χ1v) is 7.02. The fraction of sp³-hybridized carbons (Fsp3) is 0.538. The standard InChI is InChI=1S/C13H17Cl2N3O/c1-17(2)9-4-3-7-18(8-9)13(19)10-5-6-11(14)16-12(10)15/h5-6,9H,3-4,7-8H2,1-2H3. The summed E-state index contributed by atoms with van der Waals surface area (Å²) in [6.07, 6.45) is 2.12. The van der Waals surface area contributed by atoms with Gasteiger partial charge in [0.25, 0.3) is 5.91 Å². The highest BCUT2D eigenvalue weighted by Gasteiger charge is 2.26. The van der Waals surface area contributed by atoms with Gasteiger partial charge in [0.05, 0.1) is 5.56 Å². The van der Waals surface area contributed by atoms with Gasteiger partial charge in [-0.3, -0.25) is 4.79 Å². The van der Waals surface area contributed by atoms with Crippen molar-refractivity contribution in [1.29, 1.82) is 0 Å². The predicted molar refractivity (Wildman–Crippen MR) is 76.9 cm³/mol. The highest BCUT2D eigenvalue weighted by molar-refractivity contribution is 6.34. The van der Waals surface area contributed by atoms with Crippen molar-refractivity contribution in [2.45, 2.75) is 18.9 Å². The first-order chi connectivity index (χ1) is 8.99. The quantitative estimate of drug-likeness (QED) is 0.788. The summed E-state index contributed by atoms with van der Waals surface area (Å²) < 4.78 is 0. The van der Waals surface area contributed by atoms with Gasteiger partial charge in [-0.05, 0) is 39.1 Å². The largest absolute Gasteiger partial charge is 0.337 e. The van der Waals surface area contributed by atoms with Crippen LogP contribution < -0.4 is 0 Å². The van der Waals surface area contributed by atoms with Crippen LogP contribution >= 0.6 is 23.2 Å². The van der Waals surface area contributed by atoms with Gasteiger partial charge in [0, 0.05) is 19.1 Å². The number of carbonyl (C=O) groups excluding carboxylic acids is 1. The Hall–Kier alpha value is -0.840. The molecule has 0 aliphatic carbocycles. The number of carbonyl (C=O) groups is 1. The third kappa shape index (κ3) is 3.38. The molecule has 0 radical (unpaired) electrons. The number of hydrogen-bond donors (Lipinski definition) is 0. The second-order valence-corrected chi connectivity index (χ2v) is 5.73. The SMILES string of the molecule is CN(C)C1CCCN(C(=O)c2ccc(Cl)nc2Cl)C1. The Bertz CT molecular complexity index is 479. The lowest BCUT2D eigenvalue weighted by molar-refractivity contribution is 0.0635. The molecule has 0 aromatic carbocycles. The van der Waals surface area contributed by atoms with Crippen LogP contribution in [-0.4, -0.2) is 53.9 Å². The Morgan fingerprint density at radius 2 is 2.16 bits per heavy atom. The van der Waals surface area contributed by atoms with E-state index in [0.29, 0.717) is 16.8 Å². The number of likely N-dealkylation sites (N-methyl/N-ethyl adjacent to an activating group) is 1. The van der Waals surface area contributed by atoms with Crippen molar-refractivity contribution in [1.82, 2.24) is 14.8 Å². The Balaban J connectivity index is 2.15. The minimum Gasteiger partial charge on any atom is -0.337 e. The van der Waals surface area contributed by atoms with Crippen molar-refractivity contribution < 1.29 is 4.79 Å². The fourth-order valence-electron chi connectivity index (χ4n) is 2.30. The average molecular weight is 302 g/mol. The van der Waals surface area contributed by atoms with Gasteiger partial charge in [-0.25, -0.2) is 4.98 Å². The summed E-state index contributed by atoms with van der Waals surface area (Å²) >= 11 is 11.7. The number of likely N-dealkylation sites (tertiary alicyclic amines) is 1. The van der Waals surface area contributed by atoms with E-state index in [-0.39, 0.29) is 11.1 Å². The fourth-order valence-corrected chi connectivity index (χ4v) is 2.73. The van der Waals surface area contributed by atoms with Crippen LogP contribution in [0.3, 0.4) is 0 Å². The van der Waals surface area contributed by atoms with Crippen molar-refractivity contribution in [3.63, 3.8) is 0 Å². The van der Waals surface area contributed by atoms with Gasteiger partial charge in [-0.15, -0.1) is 0 Å². The molecular formula is C13H17Cl2N3O. The van der Waals surface area contributed by atoms with E-state index >= 15 is 0 Å². The average Bonchev–Trinajstić information content (AvgIpc) is 2.38. The molecule has 4 nitrogen and oxygen atoms in total. The number of hydrogen-bond acceptors (Lipinski definition) is 3. The lowest BCUT2D eigenvalue weighted by Crippen LogP contribution is -2.47. The smallest absolute Gasteiger partial charge is 0.257 e. The van der Waals surface area contributed by atoms with Crippen molar-refractivity contribution in [2.75, 3.05) is 27.2 Å². The van der Waals surface area contributed by atoms with E-state index in [4.69, 9.17) is 23.2 Å². The van der Waals surface area contributed by atoms with Gasteiger partial charge < -0.3 is 9.80 Å². The normalized spacial score (nSPS) is 19.8. The zero-order valence-corrected chi connectivity index (χ0v) is 12.6. The number of nitrogens with zero attached hydrogens (tertiary/aromatic N) is 3. The molecule has 1 aliphatic heterocycles. The minimum atomic E-state index is -0.0688. The topological polar surface area (TPSA) is 36.4 Å². The summed E-state index contributed by atoms with van der Waals surface area (Å²) in [7, 11) is 4.07. The number of amides is 1. The first kappa shape index (κ1) is 14.6. The zero-order valence-electron chi connectivity index (χ0n) is 11.1. The van der Waals surface area contributed by atoms with Crippen LogP contribution in [0, 0.1) is 0 Å². The maximum Gasteiger partial charge on any atom is 0.257 e. The zero-order chi connectivity index (χ0) is 14.0. The molecule has 6 heteroatoms. The van der Waals surface area contributed by atoms with Crippen molar-refractivity contribution in [3.8, 4) is 0 Å². The lowest BCUT2D eigenvalue weighted by Gasteiger charge is -2.36. The highest BCUT2D eigenvalue weighted by Crippen LogP contribution is 2.21. The molecule has 1 fully saturated rings. The molecular weight excluding hydrogens is 285 g/mol. The van der Waals surface area contributed by atoms with Crippen LogP contribution in [0.4, 0.5) is 0 Å². The van der Waals surface area contributed by atoms with Gasteiger partial charge in [-0.2, -0.15) is 0 Å². The predicted octanol–water partition coefficient (Wildman–Crippen LogP) is 2.55. The highest BCUT2D eigenvalue weighted by atomic mass is 35.5. The molecule has 2 heterocycles. The Labute approximate surface area is 123 Å². The maximum absolute atomic E-state index is 12.4.